The zero-order valence-corrected chi connectivity index (χ0v) is 11.4. The first-order chi connectivity index (χ1) is 8.53. The molecule has 1 fully saturated rings. The summed E-state index contributed by atoms with van der Waals surface area (Å²) in [6, 6.07) is 1.84. The van der Waals surface area contributed by atoms with Crippen molar-refractivity contribution < 1.29 is 14.6 Å². The van der Waals surface area contributed by atoms with Crippen molar-refractivity contribution in [2.45, 2.75) is 38.2 Å². The second kappa shape index (κ2) is 4.04. The van der Waals surface area contributed by atoms with Gasteiger partial charge in [-0.15, -0.1) is 0 Å². The molecular formula is C14H17ClO3. The molecule has 0 spiro atoms. The predicted molar refractivity (Wildman–Crippen MR) is 69.7 cm³/mol. The van der Waals surface area contributed by atoms with Crippen LogP contribution < -0.4 is 9.47 Å². The Kier molecular flexibility index (Phi) is 2.72. The third kappa shape index (κ3) is 1.77. The Morgan fingerprint density at radius 1 is 1.22 bits per heavy atom. The monoisotopic (exact) mass is 268 g/mol. The van der Waals surface area contributed by atoms with Crippen LogP contribution in [-0.2, 0) is 5.60 Å². The van der Waals surface area contributed by atoms with Crippen molar-refractivity contribution in [1.29, 1.82) is 0 Å². The Labute approximate surface area is 112 Å². The van der Waals surface area contributed by atoms with Crippen LogP contribution in [0.15, 0.2) is 6.07 Å². The van der Waals surface area contributed by atoms with Crippen molar-refractivity contribution >= 4 is 11.6 Å². The minimum atomic E-state index is -0.709. The van der Waals surface area contributed by atoms with Crippen LogP contribution in [0.4, 0.5) is 0 Å². The summed E-state index contributed by atoms with van der Waals surface area (Å²) in [6.07, 6.45) is 1.59. The summed E-state index contributed by atoms with van der Waals surface area (Å²) in [5.41, 5.74) is 1.24. The molecule has 0 saturated heterocycles. The van der Waals surface area contributed by atoms with Gasteiger partial charge >= 0.3 is 0 Å². The van der Waals surface area contributed by atoms with Crippen LogP contribution >= 0.6 is 11.6 Å². The summed E-state index contributed by atoms with van der Waals surface area (Å²) in [4.78, 5) is 0. The molecule has 1 aliphatic heterocycles. The van der Waals surface area contributed by atoms with Gasteiger partial charge in [0.05, 0.1) is 10.6 Å². The van der Waals surface area contributed by atoms with Crippen LogP contribution in [-0.4, -0.2) is 18.3 Å². The molecule has 1 N–H and O–H groups in total. The van der Waals surface area contributed by atoms with E-state index in [0.29, 0.717) is 24.0 Å². The first-order valence-corrected chi connectivity index (χ1v) is 6.75. The first-order valence-electron chi connectivity index (χ1n) is 6.38. The Balaban J connectivity index is 2.23. The van der Waals surface area contributed by atoms with Gasteiger partial charge in [0, 0.05) is 5.56 Å². The van der Waals surface area contributed by atoms with Gasteiger partial charge in [0.2, 0.25) is 0 Å². The van der Waals surface area contributed by atoms with Crippen molar-refractivity contribution in [3.05, 3.63) is 22.2 Å². The van der Waals surface area contributed by atoms with Crippen molar-refractivity contribution in [3.8, 4) is 11.5 Å². The normalized spacial score (nSPS) is 20.1. The van der Waals surface area contributed by atoms with Gasteiger partial charge in [-0.1, -0.05) is 25.4 Å². The van der Waals surface area contributed by atoms with Crippen LogP contribution in [0.3, 0.4) is 0 Å². The number of hydrogen-bond donors (Lipinski definition) is 1. The second-order valence-corrected chi connectivity index (χ2v) is 5.77. The fraction of sp³-hybridized carbons (Fsp3) is 0.571. The van der Waals surface area contributed by atoms with Crippen LogP contribution in [0.2, 0.25) is 5.02 Å². The van der Waals surface area contributed by atoms with Crippen LogP contribution in [0.5, 0.6) is 11.5 Å². The lowest BCUT2D eigenvalue weighted by Crippen LogP contribution is -2.20. The maximum atomic E-state index is 10.4. The molecule has 1 aliphatic carbocycles. The molecule has 3 rings (SSSR count). The van der Waals surface area contributed by atoms with Crippen LogP contribution in [0, 0.1) is 0 Å². The minimum Gasteiger partial charge on any atom is -0.486 e. The molecule has 0 unspecified atom stereocenters. The highest BCUT2D eigenvalue weighted by atomic mass is 35.5. The van der Waals surface area contributed by atoms with Gasteiger partial charge in [0.25, 0.3) is 0 Å². The largest absolute Gasteiger partial charge is 0.486 e. The zero-order chi connectivity index (χ0) is 12.9. The smallest absolute Gasteiger partial charge is 0.180 e. The molecule has 0 radical (unpaired) electrons. The van der Waals surface area contributed by atoms with Crippen LogP contribution in [0.1, 0.15) is 43.7 Å². The lowest BCUT2D eigenvalue weighted by molar-refractivity contribution is 0.144. The molecule has 1 aromatic rings. The lowest BCUT2D eigenvalue weighted by atomic mass is 9.91. The molecule has 18 heavy (non-hydrogen) atoms. The maximum Gasteiger partial charge on any atom is 0.180 e. The Hall–Kier alpha value is -0.930. The molecule has 0 bridgehead atoms. The predicted octanol–water partition coefficient (Wildman–Crippen LogP) is 3.22. The Bertz CT molecular complexity index is 492. The zero-order valence-electron chi connectivity index (χ0n) is 10.6. The number of benzene rings is 1. The number of aliphatic hydroxyl groups is 1. The average molecular weight is 269 g/mol. The van der Waals surface area contributed by atoms with Crippen molar-refractivity contribution in [2.75, 3.05) is 13.2 Å². The minimum absolute atomic E-state index is 0.261. The van der Waals surface area contributed by atoms with E-state index in [1.54, 1.807) is 0 Å². The number of rotatable bonds is 2. The van der Waals surface area contributed by atoms with E-state index in [1.165, 1.54) is 0 Å². The van der Waals surface area contributed by atoms with E-state index in [4.69, 9.17) is 21.1 Å². The standard InChI is InChI=1S/C14H17ClO3/c1-8(2)11-9(14(16)3-4-14)7-10(15)12-13(11)18-6-5-17-12/h7-8,16H,3-6H2,1-2H3. The Morgan fingerprint density at radius 3 is 2.39 bits per heavy atom. The number of hydrogen-bond acceptors (Lipinski definition) is 3. The molecular weight excluding hydrogens is 252 g/mol. The third-order valence-corrected chi connectivity index (χ3v) is 3.89. The van der Waals surface area contributed by atoms with E-state index in [0.717, 1.165) is 29.7 Å². The van der Waals surface area contributed by atoms with Gasteiger partial charge < -0.3 is 14.6 Å². The highest BCUT2D eigenvalue weighted by molar-refractivity contribution is 6.32. The van der Waals surface area contributed by atoms with Gasteiger partial charge in [0.15, 0.2) is 11.5 Å². The lowest BCUT2D eigenvalue weighted by Gasteiger charge is -2.27. The summed E-state index contributed by atoms with van der Waals surface area (Å²) in [6.45, 7) is 5.24. The molecule has 0 aromatic heterocycles. The van der Waals surface area contributed by atoms with E-state index in [1.807, 2.05) is 6.07 Å². The summed E-state index contributed by atoms with van der Waals surface area (Å²) < 4.78 is 11.3. The molecule has 1 saturated carbocycles. The van der Waals surface area contributed by atoms with Gasteiger partial charge in [0.1, 0.15) is 13.2 Å². The third-order valence-electron chi connectivity index (χ3n) is 3.61. The molecule has 0 atom stereocenters. The van der Waals surface area contributed by atoms with Crippen molar-refractivity contribution in [1.82, 2.24) is 0 Å². The molecule has 98 valence electrons. The molecule has 2 aliphatic rings. The van der Waals surface area contributed by atoms with Gasteiger partial charge in [-0.2, -0.15) is 0 Å². The fourth-order valence-corrected chi connectivity index (χ4v) is 2.78. The second-order valence-electron chi connectivity index (χ2n) is 5.36. The van der Waals surface area contributed by atoms with E-state index < -0.39 is 5.60 Å². The molecule has 0 amide bonds. The molecule has 1 aromatic carbocycles. The summed E-state index contributed by atoms with van der Waals surface area (Å²) in [5, 5.41) is 10.9. The molecule has 3 nitrogen and oxygen atoms in total. The number of halogens is 1. The summed E-state index contributed by atoms with van der Waals surface area (Å²) in [5.74, 6) is 1.61. The van der Waals surface area contributed by atoms with E-state index in [-0.39, 0.29) is 5.92 Å². The topological polar surface area (TPSA) is 38.7 Å². The van der Waals surface area contributed by atoms with Gasteiger partial charge in [-0.3, -0.25) is 0 Å². The summed E-state index contributed by atoms with van der Waals surface area (Å²) in [7, 11) is 0. The highest BCUT2D eigenvalue weighted by Gasteiger charge is 2.45. The Morgan fingerprint density at radius 2 is 1.83 bits per heavy atom. The van der Waals surface area contributed by atoms with E-state index in [2.05, 4.69) is 13.8 Å². The van der Waals surface area contributed by atoms with Crippen molar-refractivity contribution in [3.63, 3.8) is 0 Å². The number of fused-ring (bicyclic) bond motifs is 1. The highest BCUT2D eigenvalue weighted by Crippen LogP contribution is 2.54. The maximum absolute atomic E-state index is 10.4. The van der Waals surface area contributed by atoms with E-state index >= 15 is 0 Å². The average Bonchev–Trinajstić information content (AvgIpc) is 3.08. The van der Waals surface area contributed by atoms with E-state index in [9.17, 15) is 5.11 Å². The first kappa shape index (κ1) is 12.1. The number of ether oxygens (including phenoxy) is 2. The fourth-order valence-electron chi connectivity index (χ4n) is 2.53. The molecule has 1 heterocycles. The molecule has 4 heteroatoms. The SMILES string of the molecule is CC(C)c1c(C2(O)CC2)cc(Cl)c2c1OCCO2. The van der Waals surface area contributed by atoms with Gasteiger partial charge in [-0.05, 0) is 30.4 Å². The quantitative estimate of drug-likeness (QED) is 0.895. The van der Waals surface area contributed by atoms with Crippen LogP contribution in [0.25, 0.3) is 0 Å². The van der Waals surface area contributed by atoms with Gasteiger partial charge in [-0.25, -0.2) is 0 Å². The van der Waals surface area contributed by atoms with Crippen molar-refractivity contribution in [2.24, 2.45) is 0 Å². The summed E-state index contributed by atoms with van der Waals surface area (Å²) >= 11 is 6.24.